The van der Waals surface area contributed by atoms with Crippen LogP contribution in [0.25, 0.3) is 0 Å². The number of hydrogen-bond acceptors (Lipinski definition) is 4. The van der Waals surface area contributed by atoms with Crippen molar-refractivity contribution in [1.29, 1.82) is 0 Å². The molecule has 1 fully saturated rings. The highest BCUT2D eigenvalue weighted by Gasteiger charge is 2.29. The summed E-state index contributed by atoms with van der Waals surface area (Å²) < 4.78 is 46.4. The number of ether oxygens (including phenoxy) is 1. The van der Waals surface area contributed by atoms with Crippen molar-refractivity contribution in [1.82, 2.24) is 9.62 Å². The highest BCUT2D eigenvalue weighted by Crippen LogP contribution is 2.22. The highest BCUT2D eigenvalue weighted by molar-refractivity contribution is 7.88. The Morgan fingerprint density at radius 2 is 1.96 bits per heavy atom. The fourth-order valence-corrected chi connectivity index (χ4v) is 4.47. The van der Waals surface area contributed by atoms with E-state index in [4.69, 9.17) is 16.3 Å². The van der Waals surface area contributed by atoms with E-state index in [-0.39, 0.29) is 16.6 Å². The minimum absolute atomic E-state index is 0.0483. The van der Waals surface area contributed by atoms with Gasteiger partial charge in [0.15, 0.2) is 0 Å². The molecule has 0 spiro atoms. The summed E-state index contributed by atoms with van der Waals surface area (Å²) in [5.74, 6) is -1.17. The van der Waals surface area contributed by atoms with E-state index >= 15 is 0 Å². The van der Waals surface area contributed by atoms with Crippen molar-refractivity contribution >= 4 is 27.7 Å². The van der Waals surface area contributed by atoms with Gasteiger partial charge in [-0.15, -0.1) is 0 Å². The number of amides is 1. The third kappa shape index (κ3) is 6.10. The molecule has 146 valence electrons. The molecule has 0 aromatic heterocycles. The number of rotatable bonds is 4. The van der Waals surface area contributed by atoms with Crippen LogP contribution < -0.4 is 4.72 Å². The normalized spacial score (nSPS) is 16.6. The standard InChI is InChI=1S/C17H24ClFN2O4S/c1-17(2,3)25-16(22)21-9-7-12(8-10-21)20-26(23,24)11-13-14(18)5-4-6-15(13)19/h4-6,12,20H,7-11H2,1-3H3. The van der Waals surface area contributed by atoms with Gasteiger partial charge in [-0.25, -0.2) is 22.3 Å². The molecule has 1 N–H and O–H groups in total. The summed E-state index contributed by atoms with van der Waals surface area (Å²) in [6.45, 7) is 6.16. The molecule has 1 aromatic carbocycles. The van der Waals surface area contributed by atoms with Crippen LogP contribution in [0.4, 0.5) is 9.18 Å². The smallest absolute Gasteiger partial charge is 0.410 e. The summed E-state index contributed by atoms with van der Waals surface area (Å²) in [5, 5.41) is 0.0788. The second kappa shape index (κ2) is 8.10. The first kappa shape index (κ1) is 20.9. The molecule has 6 nitrogen and oxygen atoms in total. The molecule has 0 aliphatic carbocycles. The Morgan fingerprint density at radius 3 is 2.50 bits per heavy atom. The van der Waals surface area contributed by atoms with Gasteiger partial charge in [0, 0.05) is 29.7 Å². The summed E-state index contributed by atoms with van der Waals surface area (Å²) in [6, 6.07) is 3.74. The highest BCUT2D eigenvalue weighted by atomic mass is 35.5. The van der Waals surface area contributed by atoms with E-state index in [1.165, 1.54) is 18.2 Å². The lowest BCUT2D eigenvalue weighted by molar-refractivity contribution is 0.0203. The Kier molecular flexibility index (Phi) is 6.52. The zero-order valence-corrected chi connectivity index (χ0v) is 16.7. The monoisotopic (exact) mass is 406 g/mol. The third-order valence-corrected chi connectivity index (χ3v) is 5.60. The first-order chi connectivity index (χ1) is 12.0. The molecule has 1 saturated heterocycles. The van der Waals surface area contributed by atoms with Crippen LogP contribution in [0.15, 0.2) is 18.2 Å². The van der Waals surface area contributed by atoms with Crippen molar-refractivity contribution in [3.63, 3.8) is 0 Å². The molecule has 0 radical (unpaired) electrons. The Bertz CT molecular complexity index is 736. The molecule has 9 heteroatoms. The Morgan fingerprint density at radius 1 is 1.35 bits per heavy atom. The van der Waals surface area contributed by atoms with E-state index in [0.717, 1.165) is 0 Å². The van der Waals surface area contributed by atoms with Crippen molar-refractivity contribution in [2.24, 2.45) is 0 Å². The molecule has 0 saturated carbocycles. The van der Waals surface area contributed by atoms with Crippen molar-refractivity contribution in [3.8, 4) is 0 Å². The predicted molar refractivity (Wildman–Crippen MR) is 98.0 cm³/mol. The maximum atomic E-state index is 13.8. The quantitative estimate of drug-likeness (QED) is 0.832. The van der Waals surface area contributed by atoms with Crippen LogP contribution in [-0.2, 0) is 20.5 Å². The molecule has 26 heavy (non-hydrogen) atoms. The van der Waals surface area contributed by atoms with Crippen molar-refractivity contribution in [2.45, 2.75) is 51.0 Å². The number of carbonyl (C=O) groups is 1. The van der Waals surface area contributed by atoms with Crippen molar-refractivity contribution < 1.29 is 22.3 Å². The van der Waals surface area contributed by atoms with Gasteiger partial charge in [0.1, 0.15) is 11.4 Å². The first-order valence-corrected chi connectivity index (χ1v) is 10.4. The van der Waals surface area contributed by atoms with E-state index in [1.807, 2.05) is 0 Å². The average molecular weight is 407 g/mol. The number of likely N-dealkylation sites (tertiary alicyclic amines) is 1. The molecule has 1 amide bonds. The van der Waals surface area contributed by atoms with E-state index in [1.54, 1.807) is 25.7 Å². The van der Waals surface area contributed by atoms with Crippen LogP contribution in [0.1, 0.15) is 39.2 Å². The number of benzene rings is 1. The molecule has 0 unspecified atom stereocenters. The lowest BCUT2D eigenvalue weighted by Gasteiger charge is -2.33. The van der Waals surface area contributed by atoms with Gasteiger partial charge in [-0.05, 0) is 45.7 Å². The minimum atomic E-state index is -3.75. The zero-order valence-electron chi connectivity index (χ0n) is 15.1. The maximum absolute atomic E-state index is 13.8. The van der Waals surface area contributed by atoms with Gasteiger partial charge in [-0.3, -0.25) is 0 Å². The van der Waals surface area contributed by atoms with Crippen LogP contribution in [-0.4, -0.2) is 44.1 Å². The number of sulfonamides is 1. The van der Waals surface area contributed by atoms with Gasteiger partial charge in [-0.2, -0.15) is 0 Å². The van der Waals surface area contributed by atoms with Gasteiger partial charge in [0.25, 0.3) is 0 Å². The topological polar surface area (TPSA) is 75.7 Å². The number of hydrogen-bond donors (Lipinski definition) is 1. The van der Waals surface area contributed by atoms with Gasteiger partial charge in [-0.1, -0.05) is 17.7 Å². The summed E-state index contributed by atoms with van der Waals surface area (Å²) in [6.07, 6.45) is 0.518. The lowest BCUT2D eigenvalue weighted by atomic mass is 10.1. The summed E-state index contributed by atoms with van der Waals surface area (Å²) >= 11 is 5.89. The number of nitrogens with zero attached hydrogens (tertiary/aromatic N) is 1. The molecule has 1 heterocycles. The number of nitrogens with one attached hydrogen (secondary N) is 1. The SMILES string of the molecule is CC(C)(C)OC(=O)N1CCC(NS(=O)(=O)Cc2c(F)cccc2Cl)CC1. The number of carbonyl (C=O) groups excluding carboxylic acids is 1. The van der Waals surface area contributed by atoms with Crippen LogP contribution in [0, 0.1) is 5.82 Å². The Balaban J connectivity index is 1.91. The van der Waals surface area contributed by atoms with Crippen LogP contribution in [0.5, 0.6) is 0 Å². The summed E-state index contributed by atoms with van der Waals surface area (Å²) in [5.41, 5.74) is -0.623. The molecule has 1 aliphatic rings. The van der Waals surface area contributed by atoms with E-state index in [9.17, 15) is 17.6 Å². The second-order valence-electron chi connectivity index (χ2n) is 7.32. The van der Waals surface area contributed by atoms with E-state index in [2.05, 4.69) is 4.72 Å². The van der Waals surface area contributed by atoms with Crippen molar-refractivity contribution in [2.75, 3.05) is 13.1 Å². The van der Waals surface area contributed by atoms with Gasteiger partial charge < -0.3 is 9.64 Å². The Labute approximate surface area is 158 Å². The van der Waals surface area contributed by atoms with E-state index in [0.29, 0.717) is 25.9 Å². The number of piperidine rings is 1. The van der Waals surface area contributed by atoms with Crippen LogP contribution in [0.3, 0.4) is 0 Å². The van der Waals surface area contributed by atoms with E-state index < -0.39 is 33.3 Å². The largest absolute Gasteiger partial charge is 0.444 e. The molecular weight excluding hydrogens is 383 g/mol. The van der Waals surface area contributed by atoms with Gasteiger partial charge >= 0.3 is 6.09 Å². The summed E-state index contributed by atoms with van der Waals surface area (Å²) in [4.78, 5) is 13.6. The second-order valence-corrected chi connectivity index (χ2v) is 9.48. The third-order valence-electron chi connectivity index (χ3n) is 3.89. The molecule has 0 atom stereocenters. The predicted octanol–water partition coefficient (Wildman–Crippen LogP) is 3.30. The first-order valence-electron chi connectivity index (χ1n) is 8.38. The molecular formula is C17H24ClFN2O4S. The van der Waals surface area contributed by atoms with Crippen molar-refractivity contribution in [3.05, 3.63) is 34.6 Å². The Hall–Kier alpha value is -1.38. The molecule has 2 rings (SSSR count). The molecule has 1 aromatic rings. The van der Waals surface area contributed by atoms with Crippen LogP contribution >= 0.6 is 11.6 Å². The lowest BCUT2D eigenvalue weighted by Crippen LogP contribution is -2.48. The fourth-order valence-electron chi connectivity index (χ4n) is 2.66. The maximum Gasteiger partial charge on any atom is 0.410 e. The van der Waals surface area contributed by atoms with Crippen LogP contribution in [0.2, 0.25) is 5.02 Å². The van der Waals surface area contributed by atoms with Gasteiger partial charge in [0.05, 0.1) is 5.75 Å². The van der Waals surface area contributed by atoms with Gasteiger partial charge in [0.2, 0.25) is 10.0 Å². The zero-order chi connectivity index (χ0) is 19.5. The fraction of sp³-hybridized carbons (Fsp3) is 0.588. The average Bonchev–Trinajstić information content (AvgIpc) is 2.50. The minimum Gasteiger partial charge on any atom is -0.444 e. The number of halogens is 2. The summed E-state index contributed by atoms with van der Waals surface area (Å²) in [7, 11) is -3.75. The molecule has 0 bridgehead atoms. The molecule has 1 aliphatic heterocycles.